The quantitative estimate of drug-likeness (QED) is 0.454. The molecule has 0 bridgehead atoms. The summed E-state index contributed by atoms with van der Waals surface area (Å²) >= 11 is 1.02. The van der Waals surface area contributed by atoms with Gasteiger partial charge in [-0.05, 0) is 35.9 Å². The van der Waals surface area contributed by atoms with Crippen LogP contribution in [0.15, 0.2) is 42.7 Å². The first-order valence-corrected chi connectivity index (χ1v) is 11.3. The van der Waals surface area contributed by atoms with Crippen LogP contribution in [-0.4, -0.2) is 50.8 Å². The van der Waals surface area contributed by atoms with Crippen LogP contribution in [0.3, 0.4) is 0 Å². The molecule has 1 aromatic carbocycles. The highest BCUT2D eigenvalue weighted by Crippen LogP contribution is 2.37. The van der Waals surface area contributed by atoms with Crippen LogP contribution in [0, 0.1) is 0 Å². The third-order valence-corrected chi connectivity index (χ3v) is 5.90. The van der Waals surface area contributed by atoms with Crippen molar-refractivity contribution in [3.8, 4) is 0 Å². The van der Waals surface area contributed by atoms with E-state index in [0.717, 1.165) is 17.3 Å². The van der Waals surface area contributed by atoms with E-state index in [9.17, 15) is 31.1 Å². The summed E-state index contributed by atoms with van der Waals surface area (Å²) in [5.41, 5.74) is -2.59. The summed E-state index contributed by atoms with van der Waals surface area (Å²) in [6.07, 6.45) is -6.66. The number of nitrogens with one attached hydrogen (secondary N) is 2. The molecular formula is C21H19F6N7OS. The minimum Gasteiger partial charge on any atom is -0.362 e. The Kier molecular flexibility index (Phi) is 7.19. The maximum atomic E-state index is 13.1. The number of anilines is 3. The van der Waals surface area contributed by atoms with Gasteiger partial charge >= 0.3 is 18.4 Å². The van der Waals surface area contributed by atoms with Crippen molar-refractivity contribution in [3.63, 3.8) is 0 Å². The van der Waals surface area contributed by atoms with Crippen LogP contribution in [-0.2, 0) is 18.9 Å². The van der Waals surface area contributed by atoms with Gasteiger partial charge in [0.2, 0.25) is 0 Å². The lowest BCUT2D eigenvalue weighted by Crippen LogP contribution is -2.50. The summed E-state index contributed by atoms with van der Waals surface area (Å²) in [6.45, 7) is 1.55. The van der Waals surface area contributed by atoms with Crippen LogP contribution in [0.25, 0.3) is 0 Å². The molecule has 1 fully saturated rings. The normalized spacial score (nSPS) is 14.6. The Morgan fingerprint density at radius 1 is 0.917 bits per heavy atom. The molecule has 1 aliphatic heterocycles. The second kappa shape index (κ2) is 10.2. The zero-order valence-electron chi connectivity index (χ0n) is 18.4. The van der Waals surface area contributed by atoms with E-state index in [4.69, 9.17) is 0 Å². The number of amides is 2. The van der Waals surface area contributed by atoms with Gasteiger partial charge in [0, 0.05) is 50.8 Å². The van der Waals surface area contributed by atoms with E-state index in [-0.39, 0.29) is 19.2 Å². The second-order valence-corrected chi connectivity index (χ2v) is 8.37. The van der Waals surface area contributed by atoms with Crippen molar-refractivity contribution < 1.29 is 31.1 Å². The van der Waals surface area contributed by atoms with Crippen molar-refractivity contribution in [2.75, 3.05) is 41.7 Å². The third kappa shape index (κ3) is 6.13. The molecule has 0 aliphatic carbocycles. The lowest BCUT2D eigenvalue weighted by atomic mass is 10.1. The van der Waals surface area contributed by atoms with Crippen LogP contribution in [0.5, 0.6) is 0 Å². The molecule has 2 N–H and O–H groups in total. The van der Waals surface area contributed by atoms with Gasteiger partial charge in [-0.15, -0.1) is 0 Å². The topological polar surface area (TPSA) is 86.3 Å². The van der Waals surface area contributed by atoms with Gasteiger partial charge in [0.1, 0.15) is 0 Å². The van der Waals surface area contributed by atoms with Gasteiger partial charge in [0.15, 0.2) is 11.6 Å². The molecule has 36 heavy (non-hydrogen) atoms. The molecule has 3 heterocycles. The number of alkyl halides is 6. The monoisotopic (exact) mass is 531 g/mol. The van der Waals surface area contributed by atoms with E-state index >= 15 is 0 Å². The Balaban J connectivity index is 1.38. The summed E-state index contributed by atoms with van der Waals surface area (Å²) in [5, 5.41) is 5.36. The van der Waals surface area contributed by atoms with Crippen LogP contribution < -0.4 is 15.5 Å². The molecule has 0 atom stereocenters. The molecule has 0 saturated carbocycles. The molecule has 8 nitrogen and oxygen atoms in total. The summed E-state index contributed by atoms with van der Waals surface area (Å²) in [6, 6.07) is 3.87. The van der Waals surface area contributed by atoms with Crippen molar-refractivity contribution in [2.45, 2.75) is 18.9 Å². The molecule has 1 aliphatic rings. The molecule has 0 unspecified atom stereocenters. The van der Waals surface area contributed by atoms with Crippen molar-refractivity contribution in [1.29, 1.82) is 0 Å². The smallest absolute Gasteiger partial charge is 0.362 e. The molecule has 1 saturated heterocycles. The molecule has 2 aromatic heterocycles. The number of urea groups is 1. The summed E-state index contributed by atoms with van der Waals surface area (Å²) in [7, 11) is 0. The van der Waals surface area contributed by atoms with Crippen molar-refractivity contribution >= 4 is 35.1 Å². The first-order chi connectivity index (χ1) is 17.0. The summed E-state index contributed by atoms with van der Waals surface area (Å²) in [4.78, 5) is 19.8. The minimum atomic E-state index is -5.00. The van der Waals surface area contributed by atoms with Gasteiger partial charge in [0.25, 0.3) is 0 Å². The lowest BCUT2D eigenvalue weighted by Gasteiger charge is -2.35. The van der Waals surface area contributed by atoms with Crippen LogP contribution in [0.4, 0.5) is 48.5 Å². The molecule has 4 rings (SSSR count). The lowest BCUT2D eigenvalue weighted by molar-refractivity contribution is -0.143. The van der Waals surface area contributed by atoms with Crippen LogP contribution >= 0.6 is 11.7 Å². The van der Waals surface area contributed by atoms with E-state index in [1.54, 1.807) is 12.4 Å². The zero-order valence-corrected chi connectivity index (χ0v) is 19.2. The molecule has 3 aromatic rings. The first-order valence-electron chi connectivity index (χ1n) is 10.6. The Hall–Kier alpha value is -3.62. The number of pyridine rings is 1. The van der Waals surface area contributed by atoms with Gasteiger partial charge in [0.05, 0.1) is 22.9 Å². The fraction of sp³-hybridized carbons (Fsp3) is 0.333. The average Bonchev–Trinajstić information content (AvgIpc) is 3.31. The van der Waals surface area contributed by atoms with E-state index in [1.165, 1.54) is 4.90 Å². The fourth-order valence-electron chi connectivity index (χ4n) is 3.54. The van der Waals surface area contributed by atoms with Gasteiger partial charge < -0.3 is 20.4 Å². The maximum absolute atomic E-state index is 13.1. The number of rotatable bonds is 5. The summed E-state index contributed by atoms with van der Waals surface area (Å²) in [5.74, 6) is 1.17. The standard InChI is InChI=1S/C21H19F6N7OS/c22-20(23,24)14-9-15(21(25,26)27)11-16(10-14)30-19(35)34-7-5-33(6-8-34)18-17(31-36-32-18)29-12-13-1-3-28-4-2-13/h1-4,9-11H,5-8,12H2,(H,29,31)(H,30,35). The van der Waals surface area contributed by atoms with Crippen LogP contribution in [0.1, 0.15) is 16.7 Å². The number of nitrogens with zero attached hydrogens (tertiary/aromatic N) is 5. The van der Waals surface area contributed by atoms with E-state index < -0.39 is 35.2 Å². The number of benzene rings is 1. The number of aromatic nitrogens is 3. The van der Waals surface area contributed by atoms with E-state index in [2.05, 4.69) is 24.4 Å². The second-order valence-electron chi connectivity index (χ2n) is 7.84. The highest BCUT2D eigenvalue weighted by atomic mass is 32.1. The van der Waals surface area contributed by atoms with Gasteiger partial charge in [-0.1, -0.05) is 0 Å². The number of hydrogen-bond acceptors (Lipinski definition) is 7. The van der Waals surface area contributed by atoms with Gasteiger partial charge in [-0.2, -0.15) is 35.1 Å². The third-order valence-electron chi connectivity index (χ3n) is 5.39. The van der Waals surface area contributed by atoms with Gasteiger partial charge in [-0.3, -0.25) is 4.98 Å². The number of hydrogen-bond donors (Lipinski definition) is 2. The molecule has 0 spiro atoms. The number of carbonyl (C=O) groups excluding carboxylic acids is 1. The molecule has 15 heteroatoms. The van der Waals surface area contributed by atoms with E-state index in [0.29, 0.717) is 43.4 Å². The largest absolute Gasteiger partial charge is 0.416 e. The Morgan fingerprint density at radius 2 is 1.53 bits per heavy atom. The predicted molar refractivity (Wildman–Crippen MR) is 121 cm³/mol. The van der Waals surface area contributed by atoms with E-state index in [1.807, 2.05) is 17.0 Å². The fourth-order valence-corrected chi connectivity index (χ4v) is 4.09. The molecule has 0 radical (unpaired) electrons. The zero-order chi connectivity index (χ0) is 25.9. The van der Waals surface area contributed by atoms with Crippen molar-refractivity contribution in [3.05, 3.63) is 59.4 Å². The Bertz CT molecular complexity index is 1160. The minimum absolute atomic E-state index is 0.0105. The Morgan fingerprint density at radius 3 is 2.11 bits per heavy atom. The average molecular weight is 531 g/mol. The molecular weight excluding hydrogens is 512 g/mol. The summed E-state index contributed by atoms with van der Waals surface area (Å²) < 4.78 is 87.0. The van der Waals surface area contributed by atoms with Crippen molar-refractivity contribution in [1.82, 2.24) is 18.6 Å². The predicted octanol–water partition coefficient (Wildman–Crippen LogP) is 4.94. The molecule has 2 amide bonds. The number of piperazine rings is 1. The number of halogens is 6. The SMILES string of the molecule is O=C(Nc1cc(C(F)(F)F)cc(C(F)(F)F)c1)N1CCN(c2nsnc2NCc2ccncc2)CC1. The number of carbonyl (C=O) groups is 1. The Labute approximate surface area is 205 Å². The highest BCUT2D eigenvalue weighted by molar-refractivity contribution is 6.99. The van der Waals surface area contributed by atoms with Gasteiger partial charge in [-0.25, -0.2) is 4.79 Å². The maximum Gasteiger partial charge on any atom is 0.416 e. The highest BCUT2D eigenvalue weighted by Gasteiger charge is 2.37. The molecule has 192 valence electrons. The van der Waals surface area contributed by atoms with Crippen LogP contribution in [0.2, 0.25) is 0 Å². The first kappa shape index (κ1) is 25.5. The van der Waals surface area contributed by atoms with Crippen molar-refractivity contribution in [2.24, 2.45) is 0 Å².